The monoisotopic (exact) mass is 251 g/mol. The molecule has 0 aliphatic carbocycles. The van der Waals surface area contributed by atoms with Crippen molar-refractivity contribution in [3.8, 4) is 0 Å². The molecule has 0 saturated carbocycles. The van der Waals surface area contributed by atoms with E-state index < -0.39 is 0 Å². The van der Waals surface area contributed by atoms with E-state index in [9.17, 15) is 4.79 Å². The third-order valence-electron chi connectivity index (χ3n) is 2.22. The van der Waals surface area contributed by atoms with Crippen LogP contribution in [0.4, 0.5) is 5.69 Å². The van der Waals surface area contributed by atoms with Crippen molar-refractivity contribution in [2.24, 2.45) is 0 Å². The molecular weight excluding hydrogens is 230 g/mol. The minimum atomic E-state index is -0.176. The highest BCUT2D eigenvalue weighted by Crippen LogP contribution is 2.05. The Labute approximate surface area is 108 Å². The summed E-state index contributed by atoms with van der Waals surface area (Å²) in [6, 6.07) is 3.55. The number of hydrogen-bond acceptors (Lipinski definition) is 4. The summed E-state index contributed by atoms with van der Waals surface area (Å²) in [6.07, 6.45) is 1.84. The zero-order valence-electron chi connectivity index (χ0n) is 11.2. The van der Waals surface area contributed by atoms with Gasteiger partial charge in [-0.2, -0.15) is 0 Å². The first-order valence-electron chi connectivity index (χ1n) is 6.23. The number of pyridine rings is 1. The summed E-state index contributed by atoms with van der Waals surface area (Å²) in [5.74, 6) is -0.176. The van der Waals surface area contributed by atoms with Crippen molar-refractivity contribution in [2.45, 2.75) is 26.9 Å². The topological polar surface area (TPSA) is 63.2 Å². The van der Waals surface area contributed by atoms with Crippen molar-refractivity contribution in [3.05, 3.63) is 24.0 Å². The molecule has 0 bridgehead atoms. The summed E-state index contributed by atoms with van der Waals surface area (Å²) in [7, 11) is 0. The second-order valence-corrected chi connectivity index (χ2v) is 4.14. The van der Waals surface area contributed by atoms with Crippen molar-refractivity contribution < 1.29 is 9.53 Å². The van der Waals surface area contributed by atoms with Gasteiger partial charge in [0.05, 0.1) is 24.6 Å². The summed E-state index contributed by atoms with van der Waals surface area (Å²) in [4.78, 5) is 15.8. The Bertz CT molecular complexity index is 363. The number of aromatic nitrogens is 1. The highest BCUT2D eigenvalue weighted by atomic mass is 16.5. The first-order valence-corrected chi connectivity index (χ1v) is 6.23. The third-order valence-corrected chi connectivity index (χ3v) is 2.22. The quantitative estimate of drug-likeness (QED) is 0.724. The number of nitrogens with zero attached hydrogens (tertiary/aromatic N) is 1. The van der Waals surface area contributed by atoms with Crippen LogP contribution in [0.1, 0.15) is 31.3 Å². The summed E-state index contributed by atoms with van der Waals surface area (Å²) < 4.78 is 5.33. The van der Waals surface area contributed by atoms with E-state index in [0.717, 1.165) is 12.2 Å². The number of nitrogens with one attached hydrogen (secondary N) is 2. The molecule has 0 aliphatic rings. The van der Waals surface area contributed by atoms with Crippen molar-refractivity contribution in [1.82, 2.24) is 10.3 Å². The molecule has 1 aromatic heterocycles. The lowest BCUT2D eigenvalue weighted by Gasteiger charge is -2.08. The molecule has 2 N–H and O–H groups in total. The van der Waals surface area contributed by atoms with Gasteiger partial charge in [-0.05, 0) is 32.9 Å². The van der Waals surface area contributed by atoms with Gasteiger partial charge in [-0.1, -0.05) is 0 Å². The van der Waals surface area contributed by atoms with Gasteiger partial charge in [-0.3, -0.25) is 4.79 Å². The van der Waals surface area contributed by atoms with Crippen LogP contribution in [0.15, 0.2) is 18.3 Å². The molecule has 0 unspecified atom stereocenters. The van der Waals surface area contributed by atoms with Gasteiger partial charge in [0.2, 0.25) is 0 Å². The lowest BCUT2D eigenvalue weighted by atomic mass is 10.3. The van der Waals surface area contributed by atoms with E-state index in [-0.39, 0.29) is 12.0 Å². The van der Waals surface area contributed by atoms with Crippen LogP contribution in [0.5, 0.6) is 0 Å². The first-order chi connectivity index (χ1) is 8.63. The summed E-state index contributed by atoms with van der Waals surface area (Å²) in [5.41, 5.74) is 1.33. The van der Waals surface area contributed by atoms with E-state index in [1.54, 1.807) is 12.3 Å². The van der Waals surface area contributed by atoms with Gasteiger partial charge in [0, 0.05) is 13.1 Å². The van der Waals surface area contributed by atoms with E-state index in [2.05, 4.69) is 15.6 Å². The molecule has 5 nitrogen and oxygen atoms in total. The maximum Gasteiger partial charge on any atom is 0.269 e. The van der Waals surface area contributed by atoms with E-state index in [1.807, 2.05) is 26.8 Å². The van der Waals surface area contributed by atoms with Crippen LogP contribution in [0, 0.1) is 0 Å². The van der Waals surface area contributed by atoms with Gasteiger partial charge in [0.25, 0.3) is 5.91 Å². The van der Waals surface area contributed by atoms with E-state index >= 15 is 0 Å². The fourth-order valence-electron chi connectivity index (χ4n) is 1.39. The Kier molecular flexibility index (Phi) is 6.14. The van der Waals surface area contributed by atoms with Crippen LogP contribution in [0.25, 0.3) is 0 Å². The fraction of sp³-hybridized carbons (Fsp3) is 0.538. The fourth-order valence-corrected chi connectivity index (χ4v) is 1.39. The highest BCUT2D eigenvalue weighted by Gasteiger charge is 2.06. The molecule has 1 amide bonds. The van der Waals surface area contributed by atoms with Gasteiger partial charge >= 0.3 is 0 Å². The van der Waals surface area contributed by atoms with Crippen molar-refractivity contribution in [2.75, 3.05) is 25.0 Å². The number of carbonyl (C=O) groups excluding carboxylic acids is 1. The maximum absolute atomic E-state index is 11.7. The Morgan fingerprint density at radius 1 is 1.44 bits per heavy atom. The van der Waals surface area contributed by atoms with Gasteiger partial charge in [0.15, 0.2) is 0 Å². The van der Waals surface area contributed by atoms with Crippen LogP contribution in [-0.2, 0) is 4.74 Å². The van der Waals surface area contributed by atoms with Crippen LogP contribution < -0.4 is 10.6 Å². The van der Waals surface area contributed by atoms with Gasteiger partial charge in [0.1, 0.15) is 5.69 Å². The molecule has 0 saturated heterocycles. The van der Waals surface area contributed by atoms with E-state index in [0.29, 0.717) is 18.8 Å². The number of ether oxygens (including phenoxy) is 1. The summed E-state index contributed by atoms with van der Waals surface area (Å²) in [5, 5.41) is 5.88. The predicted octanol–water partition coefficient (Wildman–Crippen LogP) is 1.67. The second-order valence-electron chi connectivity index (χ2n) is 4.14. The Balaban J connectivity index is 2.37. The summed E-state index contributed by atoms with van der Waals surface area (Å²) >= 11 is 0. The molecule has 100 valence electrons. The normalized spacial score (nSPS) is 10.4. The Morgan fingerprint density at radius 2 is 2.22 bits per heavy atom. The number of hydrogen-bond donors (Lipinski definition) is 2. The molecule has 1 aromatic rings. The van der Waals surface area contributed by atoms with Gasteiger partial charge in [-0.15, -0.1) is 0 Å². The zero-order valence-corrected chi connectivity index (χ0v) is 11.2. The van der Waals surface area contributed by atoms with E-state index in [1.165, 1.54) is 0 Å². The minimum Gasteiger partial charge on any atom is -0.384 e. The van der Waals surface area contributed by atoms with Crippen LogP contribution in [0.3, 0.4) is 0 Å². The lowest BCUT2D eigenvalue weighted by molar-refractivity contribution is 0.0745. The van der Waals surface area contributed by atoms with Crippen molar-refractivity contribution in [3.63, 3.8) is 0 Å². The highest BCUT2D eigenvalue weighted by molar-refractivity contribution is 5.92. The minimum absolute atomic E-state index is 0.176. The average Bonchev–Trinajstić information content (AvgIpc) is 2.35. The van der Waals surface area contributed by atoms with Crippen LogP contribution in [-0.4, -0.2) is 36.7 Å². The third kappa shape index (κ3) is 5.14. The Hall–Kier alpha value is -1.62. The zero-order chi connectivity index (χ0) is 13.4. The molecule has 0 aromatic carbocycles. The predicted molar refractivity (Wildman–Crippen MR) is 71.8 cm³/mol. The number of amides is 1. The van der Waals surface area contributed by atoms with Crippen molar-refractivity contribution >= 4 is 11.6 Å². The van der Waals surface area contributed by atoms with Gasteiger partial charge in [-0.25, -0.2) is 4.98 Å². The lowest BCUT2D eigenvalue weighted by Crippen LogP contribution is -2.28. The molecule has 0 fully saturated rings. The molecule has 18 heavy (non-hydrogen) atoms. The largest absolute Gasteiger partial charge is 0.384 e. The van der Waals surface area contributed by atoms with E-state index in [4.69, 9.17) is 4.74 Å². The smallest absolute Gasteiger partial charge is 0.269 e. The second kappa shape index (κ2) is 7.66. The molecule has 0 radical (unpaired) electrons. The molecule has 0 spiro atoms. The number of rotatable bonds is 7. The number of carbonyl (C=O) groups is 1. The Morgan fingerprint density at radius 3 is 2.78 bits per heavy atom. The molecule has 1 rings (SSSR count). The van der Waals surface area contributed by atoms with Gasteiger partial charge < -0.3 is 15.4 Å². The summed E-state index contributed by atoms with van der Waals surface area (Å²) in [6.45, 7) is 7.77. The average molecular weight is 251 g/mol. The molecular formula is C13H21N3O2. The molecule has 0 aliphatic heterocycles. The SMILES string of the molecule is CCNc1ccc(C(=O)NCCOC(C)C)nc1. The first kappa shape index (κ1) is 14.4. The molecule has 1 heterocycles. The molecule has 5 heteroatoms. The maximum atomic E-state index is 11.7. The van der Waals surface area contributed by atoms with Crippen LogP contribution >= 0.6 is 0 Å². The van der Waals surface area contributed by atoms with Crippen molar-refractivity contribution in [1.29, 1.82) is 0 Å². The molecule has 0 atom stereocenters. The number of anilines is 1. The van der Waals surface area contributed by atoms with Crippen LogP contribution in [0.2, 0.25) is 0 Å². The standard InChI is InChI=1S/C13H21N3O2/c1-4-14-11-5-6-12(16-9-11)13(17)15-7-8-18-10(2)3/h5-6,9-10,14H,4,7-8H2,1-3H3,(H,15,17).